The Morgan fingerprint density at radius 2 is 2.06 bits per heavy atom. The first kappa shape index (κ1) is 14.1. The highest BCUT2D eigenvalue weighted by Crippen LogP contribution is 2.25. The van der Waals surface area contributed by atoms with E-state index in [0.29, 0.717) is 10.6 Å². The number of carbonyl (C=O) groups is 1. The molecule has 0 saturated carbocycles. The van der Waals surface area contributed by atoms with Crippen LogP contribution in [0.1, 0.15) is 47.1 Å². The molecular formula is C12H20N2O2S. The summed E-state index contributed by atoms with van der Waals surface area (Å²) in [5, 5.41) is 9.92. The van der Waals surface area contributed by atoms with Crippen LogP contribution in [0.4, 0.5) is 0 Å². The number of nitrogens with zero attached hydrogens (tertiary/aromatic N) is 2. The molecule has 1 rings (SSSR count). The van der Waals surface area contributed by atoms with Crippen molar-refractivity contribution in [3.05, 3.63) is 15.6 Å². The van der Waals surface area contributed by atoms with Crippen LogP contribution in [0.15, 0.2) is 0 Å². The summed E-state index contributed by atoms with van der Waals surface area (Å²) in [5.74, 6) is -0.590. The number of likely N-dealkylation sites (N-methyl/N-ethyl adjacent to an activating group) is 1. The summed E-state index contributed by atoms with van der Waals surface area (Å²) in [6.45, 7) is 11.1. The summed E-state index contributed by atoms with van der Waals surface area (Å²) < 4.78 is 0. The standard InChI is InChI=1S/C12H20N2O2S/c1-5-14(6-2)7-8(3)11-13-9(4)10(17-11)12(15)16/h8H,5-7H2,1-4H3,(H,15,16). The van der Waals surface area contributed by atoms with Crippen LogP contribution in [0.3, 0.4) is 0 Å². The molecule has 96 valence electrons. The number of aromatic nitrogens is 1. The third-order valence-corrected chi connectivity index (χ3v) is 4.23. The molecule has 1 heterocycles. The summed E-state index contributed by atoms with van der Waals surface area (Å²) in [7, 11) is 0. The average molecular weight is 256 g/mol. The van der Waals surface area contributed by atoms with Crippen molar-refractivity contribution in [2.24, 2.45) is 0 Å². The van der Waals surface area contributed by atoms with Gasteiger partial charge in [-0.3, -0.25) is 0 Å². The zero-order valence-corrected chi connectivity index (χ0v) is 11.7. The van der Waals surface area contributed by atoms with Crippen LogP contribution in [-0.2, 0) is 0 Å². The lowest BCUT2D eigenvalue weighted by molar-refractivity contribution is 0.0701. The van der Waals surface area contributed by atoms with Gasteiger partial charge in [0.15, 0.2) is 0 Å². The normalized spacial score (nSPS) is 13.0. The van der Waals surface area contributed by atoms with Crippen molar-refractivity contribution in [3.63, 3.8) is 0 Å². The third-order valence-electron chi connectivity index (χ3n) is 2.86. The average Bonchev–Trinajstić information content (AvgIpc) is 2.68. The van der Waals surface area contributed by atoms with Crippen molar-refractivity contribution in [3.8, 4) is 0 Å². The first-order valence-electron chi connectivity index (χ1n) is 5.92. The highest BCUT2D eigenvalue weighted by atomic mass is 32.1. The summed E-state index contributed by atoms with van der Waals surface area (Å²) in [6, 6.07) is 0. The van der Waals surface area contributed by atoms with Gasteiger partial charge in [0, 0.05) is 12.5 Å². The lowest BCUT2D eigenvalue weighted by Crippen LogP contribution is -2.27. The first-order valence-corrected chi connectivity index (χ1v) is 6.74. The molecule has 0 radical (unpaired) electrons. The van der Waals surface area contributed by atoms with E-state index in [4.69, 9.17) is 5.11 Å². The molecule has 5 heteroatoms. The fourth-order valence-corrected chi connectivity index (χ4v) is 2.72. The van der Waals surface area contributed by atoms with Crippen molar-refractivity contribution in [1.29, 1.82) is 0 Å². The Hall–Kier alpha value is -0.940. The van der Waals surface area contributed by atoms with Gasteiger partial charge >= 0.3 is 5.97 Å². The second-order valence-electron chi connectivity index (χ2n) is 4.16. The van der Waals surface area contributed by atoms with E-state index in [-0.39, 0.29) is 5.92 Å². The van der Waals surface area contributed by atoms with Crippen LogP contribution < -0.4 is 0 Å². The smallest absolute Gasteiger partial charge is 0.347 e. The molecule has 0 spiro atoms. The molecule has 0 amide bonds. The topological polar surface area (TPSA) is 53.4 Å². The van der Waals surface area contributed by atoms with E-state index in [2.05, 4.69) is 30.7 Å². The maximum absolute atomic E-state index is 11.0. The molecule has 1 N–H and O–H groups in total. The van der Waals surface area contributed by atoms with Crippen LogP contribution in [0.5, 0.6) is 0 Å². The Morgan fingerprint density at radius 1 is 1.47 bits per heavy atom. The third kappa shape index (κ3) is 3.51. The molecule has 0 aliphatic heterocycles. The van der Waals surface area contributed by atoms with Gasteiger partial charge in [0.25, 0.3) is 0 Å². The second kappa shape index (κ2) is 6.12. The van der Waals surface area contributed by atoms with Crippen LogP contribution in [0, 0.1) is 6.92 Å². The highest BCUT2D eigenvalue weighted by molar-refractivity contribution is 7.13. The largest absolute Gasteiger partial charge is 0.477 e. The number of carboxylic acid groups (broad SMARTS) is 1. The quantitative estimate of drug-likeness (QED) is 0.850. The minimum Gasteiger partial charge on any atom is -0.477 e. The second-order valence-corrected chi connectivity index (χ2v) is 5.19. The molecule has 17 heavy (non-hydrogen) atoms. The minimum atomic E-state index is -0.874. The monoisotopic (exact) mass is 256 g/mol. The van der Waals surface area contributed by atoms with Crippen LogP contribution in [0.2, 0.25) is 0 Å². The van der Waals surface area contributed by atoms with Crippen LogP contribution in [-0.4, -0.2) is 40.6 Å². The van der Waals surface area contributed by atoms with E-state index in [1.54, 1.807) is 6.92 Å². The van der Waals surface area contributed by atoms with Gasteiger partial charge < -0.3 is 10.0 Å². The van der Waals surface area contributed by atoms with Crippen molar-refractivity contribution < 1.29 is 9.90 Å². The van der Waals surface area contributed by atoms with Gasteiger partial charge in [-0.25, -0.2) is 9.78 Å². The molecule has 0 fully saturated rings. The number of carboxylic acids is 1. The predicted octanol–water partition coefficient (Wildman–Crippen LogP) is 2.60. The molecule has 1 aromatic rings. The summed E-state index contributed by atoms with van der Waals surface area (Å²) in [4.78, 5) is 18.0. The minimum absolute atomic E-state index is 0.284. The number of aromatic carboxylic acids is 1. The van der Waals surface area contributed by atoms with Gasteiger partial charge in [-0.1, -0.05) is 20.8 Å². The van der Waals surface area contributed by atoms with Gasteiger partial charge in [-0.05, 0) is 20.0 Å². The fourth-order valence-electron chi connectivity index (χ4n) is 1.77. The lowest BCUT2D eigenvalue weighted by Gasteiger charge is -2.21. The van der Waals surface area contributed by atoms with Gasteiger partial charge in [0.1, 0.15) is 4.88 Å². The van der Waals surface area contributed by atoms with E-state index in [9.17, 15) is 4.79 Å². The highest BCUT2D eigenvalue weighted by Gasteiger charge is 2.18. The van der Waals surface area contributed by atoms with Crippen LogP contribution >= 0.6 is 11.3 Å². The summed E-state index contributed by atoms with van der Waals surface area (Å²) in [6.07, 6.45) is 0. The van der Waals surface area contributed by atoms with Gasteiger partial charge in [-0.2, -0.15) is 0 Å². The van der Waals surface area contributed by atoms with Crippen molar-refractivity contribution in [2.45, 2.75) is 33.6 Å². The molecular weight excluding hydrogens is 236 g/mol. The molecule has 4 nitrogen and oxygen atoms in total. The molecule has 1 atom stereocenters. The predicted molar refractivity (Wildman–Crippen MR) is 70.0 cm³/mol. The molecule has 0 aromatic carbocycles. The number of aryl methyl sites for hydroxylation is 1. The van der Waals surface area contributed by atoms with Crippen molar-refractivity contribution >= 4 is 17.3 Å². The van der Waals surface area contributed by atoms with Crippen molar-refractivity contribution in [1.82, 2.24) is 9.88 Å². The Bertz CT molecular complexity index is 386. The maximum Gasteiger partial charge on any atom is 0.347 e. The SMILES string of the molecule is CCN(CC)CC(C)c1nc(C)c(C(=O)O)s1. The Balaban J connectivity index is 2.79. The molecule has 0 saturated heterocycles. The van der Waals surface area contributed by atoms with Gasteiger partial charge in [-0.15, -0.1) is 11.3 Å². The van der Waals surface area contributed by atoms with Gasteiger partial charge in [0.05, 0.1) is 10.7 Å². The Kier molecular flexibility index (Phi) is 5.08. The van der Waals surface area contributed by atoms with E-state index >= 15 is 0 Å². The summed E-state index contributed by atoms with van der Waals surface area (Å²) in [5.41, 5.74) is 0.629. The molecule has 0 aliphatic carbocycles. The first-order chi connectivity index (χ1) is 7.99. The van der Waals surface area contributed by atoms with E-state index in [1.165, 1.54) is 11.3 Å². The molecule has 0 aliphatic rings. The maximum atomic E-state index is 11.0. The Morgan fingerprint density at radius 3 is 2.47 bits per heavy atom. The zero-order chi connectivity index (χ0) is 13.0. The van der Waals surface area contributed by atoms with Gasteiger partial charge in [0.2, 0.25) is 0 Å². The van der Waals surface area contributed by atoms with E-state index in [0.717, 1.165) is 24.6 Å². The fraction of sp³-hybridized carbons (Fsp3) is 0.667. The molecule has 1 unspecified atom stereocenters. The van der Waals surface area contributed by atoms with E-state index < -0.39 is 5.97 Å². The number of thiazole rings is 1. The van der Waals surface area contributed by atoms with Crippen LogP contribution in [0.25, 0.3) is 0 Å². The number of hydrogen-bond donors (Lipinski definition) is 1. The number of hydrogen-bond acceptors (Lipinski definition) is 4. The Labute approximate surface area is 106 Å². The number of rotatable bonds is 6. The molecule has 1 aromatic heterocycles. The van der Waals surface area contributed by atoms with Crippen molar-refractivity contribution in [2.75, 3.05) is 19.6 Å². The zero-order valence-electron chi connectivity index (χ0n) is 10.9. The summed E-state index contributed by atoms with van der Waals surface area (Å²) >= 11 is 1.30. The lowest BCUT2D eigenvalue weighted by atomic mass is 10.2. The molecule has 0 bridgehead atoms. The van der Waals surface area contributed by atoms with E-state index in [1.807, 2.05) is 0 Å².